The van der Waals surface area contributed by atoms with Crippen molar-refractivity contribution in [1.82, 2.24) is 0 Å². The average molecular weight is 832 g/mol. The van der Waals surface area contributed by atoms with Gasteiger partial charge in [0.1, 0.15) is 0 Å². The summed E-state index contributed by atoms with van der Waals surface area (Å²) in [6.07, 6.45) is 0. The van der Waals surface area contributed by atoms with Crippen molar-refractivity contribution in [3.05, 3.63) is 179 Å². The zero-order valence-corrected chi connectivity index (χ0v) is 30.0. The second-order valence-corrected chi connectivity index (χ2v) is 18.1. The molecule has 0 bridgehead atoms. The van der Waals surface area contributed by atoms with E-state index >= 15 is 0 Å². The van der Waals surface area contributed by atoms with Crippen LogP contribution in [0.2, 0.25) is 15.1 Å². The maximum absolute atomic E-state index is 8.21. The van der Waals surface area contributed by atoms with Gasteiger partial charge in [0.2, 0.25) is 0 Å². The van der Waals surface area contributed by atoms with Crippen molar-refractivity contribution in [3.63, 3.8) is 0 Å². The Balaban J connectivity index is 0.00000368. The molecule has 43 heavy (non-hydrogen) atoms. The third-order valence-electron chi connectivity index (χ3n) is 7.62. The van der Waals surface area contributed by atoms with Crippen LogP contribution in [0.3, 0.4) is 0 Å². The fraction of sp³-hybridized carbons (Fsp3) is 0. The van der Waals surface area contributed by atoms with E-state index in [2.05, 4.69) is 121 Å². The van der Waals surface area contributed by atoms with Crippen molar-refractivity contribution >= 4 is 81.6 Å². The summed E-state index contributed by atoms with van der Waals surface area (Å²) in [4.78, 5) is 0. The van der Waals surface area contributed by atoms with Gasteiger partial charge in [0.15, 0.2) is 0 Å². The Morgan fingerprint density at radius 1 is 0.349 bits per heavy atom. The predicted molar refractivity (Wildman–Crippen MR) is 189 cm³/mol. The van der Waals surface area contributed by atoms with Crippen LogP contribution in [0.25, 0.3) is 0 Å². The molecule has 0 aromatic heterocycles. The van der Waals surface area contributed by atoms with E-state index in [1.165, 1.54) is 0 Å². The monoisotopic (exact) mass is 831 g/mol. The zero-order valence-electron chi connectivity index (χ0n) is 23.0. The fourth-order valence-corrected chi connectivity index (χ4v) is 17.4. The standard InChI is InChI=1S/C36H29Cl3OP2.Re/c37-33-26-27-34(36(39)35(33)38)42(31-22-12-4-13-23-31,32-24-14-5-15-25-32)40-41(28-16-6-1-7-17-28,29-18-8-2-9-19-29)30-20-10-3-11-21-30;/h1-27,41-42H;/q;+5. The molecule has 1 nitrogen and oxygen atoms in total. The molecule has 6 aromatic carbocycles. The van der Waals surface area contributed by atoms with Crippen molar-refractivity contribution in [2.75, 3.05) is 0 Å². The van der Waals surface area contributed by atoms with E-state index in [0.29, 0.717) is 15.1 Å². The zero-order chi connectivity index (χ0) is 29.0. The van der Waals surface area contributed by atoms with Crippen LogP contribution in [0.1, 0.15) is 0 Å². The number of hydrogen-bond acceptors (Lipinski definition) is 1. The molecule has 0 aliphatic heterocycles. The van der Waals surface area contributed by atoms with Gasteiger partial charge in [-0.25, -0.2) is 0 Å². The number of benzene rings is 6. The van der Waals surface area contributed by atoms with E-state index in [-0.39, 0.29) is 20.4 Å². The molecule has 0 saturated carbocycles. The Hall–Kier alpha value is -2.33. The second kappa shape index (κ2) is 14.2. The summed E-state index contributed by atoms with van der Waals surface area (Å²) in [5, 5.41) is 7.57. The second-order valence-electron chi connectivity index (χ2n) is 10.0. The minimum absolute atomic E-state index is 0. The number of rotatable bonds is 8. The third kappa shape index (κ3) is 6.02. The minimum Gasteiger partial charge on any atom is 5.00 e. The normalized spacial score (nSPS) is 12.3. The van der Waals surface area contributed by atoms with Crippen LogP contribution in [-0.2, 0) is 24.7 Å². The van der Waals surface area contributed by atoms with Gasteiger partial charge in [0.25, 0.3) is 0 Å². The maximum atomic E-state index is 8.21. The van der Waals surface area contributed by atoms with Crippen LogP contribution in [-0.4, -0.2) is 0 Å². The van der Waals surface area contributed by atoms with Gasteiger partial charge in [0.05, 0.1) is 0 Å². The predicted octanol–water partition coefficient (Wildman–Crippen LogP) is 8.24. The minimum atomic E-state index is -3.42. The molecule has 212 valence electrons. The molecule has 0 aliphatic carbocycles. The van der Waals surface area contributed by atoms with Gasteiger partial charge in [-0.15, -0.1) is 0 Å². The van der Waals surface area contributed by atoms with Crippen molar-refractivity contribution in [2.45, 2.75) is 0 Å². The van der Waals surface area contributed by atoms with Crippen LogP contribution in [0.5, 0.6) is 0 Å². The van der Waals surface area contributed by atoms with E-state index in [0.717, 1.165) is 31.8 Å². The molecule has 0 fully saturated rings. The molecule has 0 amide bonds. The quantitative estimate of drug-likeness (QED) is 0.111. The van der Waals surface area contributed by atoms with E-state index in [9.17, 15) is 0 Å². The molecular formula is C36H29Cl3OP2Re+5. The molecule has 6 rings (SSSR count). The van der Waals surface area contributed by atoms with E-state index in [1.807, 2.05) is 42.5 Å². The molecule has 0 heterocycles. The van der Waals surface area contributed by atoms with Crippen molar-refractivity contribution in [2.24, 2.45) is 0 Å². The van der Waals surface area contributed by atoms with Crippen molar-refractivity contribution in [3.8, 4) is 0 Å². The Bertz CT molecular complexity index is 1640. The third-order valence-corrected chi connectivity index (χ3v) is 18.4. The van der Waals surface area contributed by atoms with Crippen LogP contribution < -0.4 is 31.8 Å². The molecule has 0 saturated heterocycles. The Labute approximate surface area is 283 Å². The van der Waals surface area contributed by atoms with Gasteiger partial charge in [-0.05, 0) is 0 Å². The largest absolute Gasteiger partial charge is 5.00 e. The maximum Gasteiger partial charge on any atom is 5.00 e. The topological polar surface area (TPSA) is 9.23 Å². The first kappa shape index (κ1) is 32.1. The van der Waals surface area contributed by atoms with Gasteiger partial charge in [-0.1, -0.05) is 0 Å². The first-order valence-electron chi connectivity index (χ1n) is 13.7. The van der Waals surface area contributed by atoms with Crippen molar-refractivity contribution in [1.29, 1.82) is 0 Å². The molecule has 0 spiro atoms. The van der Waals surface area contributed by atoms with Gasteiger partial charge in [-0.2, -0.15) is 0 Å². The SMILES string of the molecule is Clc1ccc([PH](O[PH](c2ccccc2)(c2ccccc2)c2ccccc2)(c2ccccc2)c2ccccc2)c(Cl)c1Cl.[Re+5]. The van der Waals surface area contributed by atoms with Gasteiger partial charge < -0.3 is 0 Å². The van der Waals surface area contributed by atoms with E-state index < -0.39 is 15.0 Å². The molecule has 0 N–H and O–H groups in total. The van der Waals surface area contributed by atoms with Crippen LogP contribution in [0, 0.1) is 0 Å². The molecule has 0 radical (unpaired) electrons. The Morgan fingerprint density at radius 3 is 0.977 bits per heavy atom. The van der Waals surface area contributed by atoms with E-state index in [1.54, 1.807) is 0 Å². The van der Waals surface area contributed by atoms with Gasteiger partial charge >= 0.3 is 285 Å². The van der Waals surface area contributed by atoms with Crippen LogP contribution in [0.4, 0.5) is 0 Å². The Kier molecular flexibility index (Phi) is 10.6. The first-order chi connectivity index (χ1) is 20.6. The van der Waals surface area contributed by atoms with Gasteiger partial charge in [-0.3, -0.25) is 0 Å². The fourth-order valence-electron chi connectivity index (χ4n) is 5.72. The molecule has 6 aromatic rings. The number of hydrogen-bond donors (Lipinski definition) is 0. The molecule has 0 atom stereocenters. The molecule has 0 unspecified atom stereocenters. The van der Waals surface area contributed by atoms with Crippen LogP contribution in [0.15, 0.2) is 164 Å². The van der Waals surface area contributed by atoms with E-state index in [4.69, 9.17) is 39.1 Å². The van der Waals surface area contributed by atoms with Crippen LogP contribution >= 0.6 is 49.8 Å². The average Bonchev–Trinajstić information content (AvgIpc) is 3.07. The summed E-state index contributed by atoms with van der Waals surface area (Å²) in [6, 6.07) is 56.6. The van der Waals surface area contributed by atoms with Crippen molar-refractivity contribution < 1.29 is 24.7 Å². The Morgan fingerprint density at radius 2 is 0.651 bits per heavy atom. The summed E-state index contributed by atoms with van der Waals surface area (Å²) in [5.74, 6) is 0. The molecule has 0 aliphatic rings. The smallest absolute Gasteiger partial charge is 5.00 e. The summed E-state index contributed by atoms with van der Waals surface area (Å²) in [5.41, 5.74) is 0. The first-order valence-corrected chi connectivity index (χ1v) is 18.6. The summed E-state index contributed by atoms with van der Waals surface area (Å²) < 4.78 is 8.21. The summed E-state index contributed by atoms with van der Waals surface area (Å²) in [6.45, 7) is 0. The molecular weight excluding hydrogens is 803 g/mol. The summed E-state index contributed by atoms with van der Waals surface area (Å²) >= 11 is 20.5. The van der Waals surface area contributed by atoms with Gasteiger partial charge in [0, 0.05) is 0 Å². The number of halogens is 3. The summed E-state index contributed by atoms with van der Waals surface area (Å²) in [7, 11) is -6.65. The molecule has 7 heteroatoms.